The molecule has 0 spiro atoms. The molecule has 98 valence electrons. The highest BCUT2D eigenvalue weighted by atomic mass is 19.1. The van der Waals surface area contributed by atoms with Gasteiger partial charge in [-0.3, -0.25) is 0 Å². The molecule has 0 amide bonds. The van der Waals surface area contributed by atoms with Crippen LogP contribution in [0.4, 0.5) is 4.39 Å². The van der Waals surface area contributed by atoms with Crippen LogP contribution >= 0.6 is 0 Å². The Morgan fingerprint density at radius 2 is 2.17 bits per heavy atom. The van der Waals surface area contributed by atoms with E-state index < -0.39 is 5.97 Å². The van der Waals surface area contributed by atoms with Gasteiger partial charge in [-0.05, 0) is 31.0 Å². The van der Waals surface area contributed by atoms with Gasteiger partial charge in [0.05, 0.1) is 5.56 Å². The first-order valence-electron chi connectivity index (χ1n) is 5.99. The second-order valence-corrected chi connectivity index (χ2v) is 4.38. The molecule has 5 heteroatoms. The molecular formula is C13H16FNO3. The number of hydrogen-bond donors (Lipinski definition) is 2. The van der Waals surface area contributed by atoms with Crippen LogP contribution in [0.25, 0.3) is 0 Å². The van der Waals surface area contributed by atoms with Crippen molar-refractivity contribution in [3.05, 3.63) is 35.1 Å². The maximum atomic E-state index is 13.5. The topological polar surface area (TPSA) is 58.6 Å². The average molecular weight is 253 g/mol. The van der Waals surface area contributed by atoms with E-state index >= 15 is 0 Å². The first-order valence-corrected chi connectivity index (χ1v) is 5.99. The lowest BCUT2D eigenvalue weighted by Gasteiger charge is -2.23. The number of benzene rings is 1. The van der Waals surface area contributed by atoms with Crippen LogP contribution in [0.15, 0.2) is 18.2 Å². The molecule has 2 N–H and O–H groups in total. The van der Waals surface area contributed by atoms with Crippen molar-refractivity contribution in [1.82, 2.24) is 5.32 Å². The number of nitrogens with one attached hydrogen (secondary N) is 1. The molecule has 1 aliphatic heterocycles. The zero-order chi connectivity index (χ0) is 13.0. The Hall–Kier alpha value is -1.46. The Bertz CT molecular complexity index is 430. The second kappa shape index (κ2) is 5.93. The van der Waals surface area contributed by atoms with Crippen LogP contribution in [0.3, 0.4) is 0 Å². The SMILES string of the molecule is O=C(O)c1ccc(F)c(CNC2CCOCC2)c1. The van der Waals surface area contributed by atoms with Gasteiger partial charge < -0.3 is 15.2 Å². The largest absolute Gasteiger partial charge is 0.478 e. The third kappa shape index (κ3) is 3.27. The number of rotatable bonds is 4. The van der Waals surface area contributed by atoms with Gasteiger partial charge in [0.25, 0.3) is 0 Å². The van der Waals surface area contributed by atoms with E-state index in [1.807, 2.05) is 0 Å². The van der Waals surface area contributed by atoms with Gasteiger partial charge in [-0.15, -0.1) is 0 Å². The quantitative estimate of drug-likeness (QED) is 0.859. The predicted molar refractivity (Wildman–Crippen MR) is 64.0 cm³/mol. The summed E-state index contributed by atoms with van der Waals surface area (Å²) >= 11 is 0. The third-order valence-corrected chi connectivity index (χ3v) is 3.10. The van der Waals surface area contributed by atoms with Gasteiger partial charge in [-0.25, -0.2) is 9.18 Å². The lowest BCUT2D eigenvalue weighted by molar-refractivity contribution is 0.0696. The first kappa shape index (κ1) is 13.0. The molecule has 1 aromatic carbocycles. The van der Waals surface area contributed by atoms with Crippen LogP contribution in [0.2, 0.25) is 0 Å². The van der Waals surface area contributed by atoms with Crippen LogP contribution in [0.5, 0.6) is 0 Å². The molecule has 0 aromatic heterocycles. The van der Waals surface area contributed by atoms with Gasteiger partial charge in [-0.1, -0.05) is 0 Å². The van der Waals surface area contributed by atoms with E-state index in [1.165, 1.54) is 18.2 Å². The Balaban J connectivity index is 1.99. The molecular weight excluding hydrogens is 237 g/mol. The summed E-state index contributed by atoms with van der Waals surface area (Å²) < 4.78 is 18.8. The summed E-state index contributed by atoms with van der Waals surface area (Å²) in [5.41, 5.74) is 0.501. The number of carboxylic acid groups (broad SMARTS) is 1. The van der Waals surface area contributed by atoms with Gasteiger partial charge in [0.1, 0.15) is 5.82 Å². The summed E-state index contributed by atoms with van der Waals surface area (Å²) in [5.74, 6) is -1.41. The summed E-state index contributed by atoms with van der Waals surface area (Å²) in [5, 5.41) is 12.1. The van der Waals surface area contributed by atoms with E-state index in [9.17, 15) is 9.18 Å². The number of carboxylic acids is 1. The van der Waals surface area contributed by atoms with Crippen LogP contribution in [0, 0.1) is 5.82 Å². The highest BCUT2D eigenvalue weighted by Crippen LogP contribution is 2.13. The Labute approximate surface area is 105 Å². The van der Waals surface area contributed by atoms with E-state index in [2.05, 4.69) is 5.32 Å². The van der Waals surface area contributed by atoms with Crippen molar-refractivity contribution in [2.75, 3.05) is 13.2 Å². The van der Waals surface area contributed by atoms with Crippen molar-refractivity contribution in [3.63, 3.8) is 0 Å². The highest BCUT2D eigenvalue weighted by Gasteiger charge is 2.14. The lowest BCUT2D eigenvalue weighted by Crippen LogP contribution is -2.34. The molecule has 18 heavy (non-hydrogen) atoms. The standard InChI is InChI=1S/C13H16FNO3/c14-12-2-1-9(13(16)17)7-10(12)8-15-11-3-5-18-6-4-11/h1-2,7,11,15H,3-6,8H2,(H,16,17). The molecule has 2 rings (SSSR count). The van der Waals surface area contributed by atoms with Crippen LogP contribution < -0.4 is 5.32 Å². The van der Waals surface area contributed by atoms with E-state index in [0.717, 1.165) is 26.1 Å². The van der Waals surface area contributed by atoms with Gasteiger partial charge in [0, 0.05) is 31.4 Å². The van der Waals surface area contributed by atoms with E-state index in [-0.39, 0.29) is 11.4 Å². The summed E-state index contributed by atoms with van der Waals surface area (Å²) in [7, 11) is 0. The molecule has 1 fully saturated rings. The van der Waals surface area contributed by atoms with E-state index in [0.29, 0.717) is 18.2 Å². The molecule has 0 radical (unpaired) electrons. The smallest absolute Gasteiger partial charge is 0.335 e. The zero-order valence-electron chi connectivity index (χ0n) is 9.99. The van der Waals surface area contributed by atoms with Crippen molar-refractivity contribution >= 4 is 5.97 Å². The van der Waals surface area contributed by atoms with Crippen molar-refractivity contribution in [2.45, 2.75) is 25.4 Å². The third-order valence-electron chi connectivity index (χ3n) is 3.10. The monoisotopic (exact) mass is 253 g/mol. The summed E-state index contributed by atoms with van der Waals surface area (Å²) in [4.78, 5) is 10.8. The highest BCUT2D eigenvalue weighted by molar-refractivity contribution is 5.87. The maximum absolute atomic E-state index is 13.5. The minimum atomic E-state index is -1.04. The minimum Gasteiger partial charge on any atom is -0.478 e. The fraction of sp³-hybridized carbons (Fsp3) is 0.462. The van der Waals surface area contributed by atoms with Gasteiger partial charge >= 0.3 is 5.97 Å². The van der Waals surface area contributed by atoms with E-state index in [4.69, 9.17) is 9.84 Å². The molecule has 4 nitrogen and oxygen atoms in total. The molecule has 0 unspecified atom stereocenters. The Kier molecular flexibility index (Phi) is 4.28. The zero-order valence-corrected chi connectivity index (χ0v) is 9.99. The Morgan fingerprint density at radius 3 is 2.83 bits per heavy atom. The molecule has 0 bridgehead atoms. The number of carbonyl (C=O) groups is 1. The summed E-state index contributed by atoms with van der Waals surface area (Å²) in [6, 6.07) is 4.16. The fourth-order valence-corrected chi connectivity index (χ4v) is 2.00. The van der Waals surface area contributed by atoms with E-state index in [1.54, 1.807) is 0 Å². The van der Waals surface area contributed by atoms with Crippen molar-refractivity contribution in [3.8, 4) is 0 Å². The number of ether oxygens (including phenoxy) is 1. The van der Waals surface area contributed by atoms with Gasteiger partial charge in [-0.2, -0.15) is 0 Å². The lowest BCUT2D eigenvalue weighted by atomic mass is 10.1. The van der Waals surface area contributed by atoms with Crippen LogP contribution in [-0.2, 0) is 11.3 Å². The minimum absolute atomic E-state index is 0.111. The molecule has 0 atom stereocenters. The molecule has 1 saturated heterocycles. The summed E-state index contributed by atoms with van der Waals surface area (Å²) in [6.45, 7) is 1.78. The van der Waals surface area contributed by atoms with Crippen LogP contribution in [-0.4, -0.2) is 30.3 Å². The van der Waals surface area contributed by atoms with Gasteiger partial charge in [0.15, 0.2) is 0 Å². The molecule has 1 aromatic rings. The Morgan fingerprint density at radius 1 is 1.44 bits per heavy atom. The van der Waals surface area contributed by atoms with Crippen molar-refractivity contribution < 1.29 is 19.0 Å². The molecule has 1 heterocycles. The number of hydrogen-bond acceptors (Lipinski definition) is 3. The first-order chi connectivity index (χ1) is 8.66. The molecule has 1 aliphatic rings. The summed E-state index contributed by atoms with van der Waals surface area (Å²) in [6.07, 6.45) is 1.81. The molecule has 0 saturated carbocycles. The van der Waals surface area contributed by atoms with Crippen LogP contribution in [0.1, 0.15) is 28.8 Å². The maximum Gasteiger partial charge on any atom is 0.335 e. The predicted octanol–water partition coefficient (Wildman–Crippen LogP) is 1.79. The molecule has 0 aliphatic carbocycles. The number of aromatic carboxylic acids is 1. The van der Waals surface area contributed by atoms with Gasteiger partial charge in [0.2, 0.25) is 0 Å². The number of halogens is 1. The fourth-order valence-electron chi connectivity index (χ4n) is 2.00. The normalized spacial score (nSPS) is 16.7. The van der Waals surface area contributed by atoms with Crippen molar-refractivity contribution in [1.29, 1.82) is 0 Å². The average Bonchev–Trinajstić information content (AvgIpc) is 2.38. The van der Waals surface area contributed by atoms with Crippen molar-refractivity contribution in [2.24, 2.45) is 0 Å². The second-order valence-electron chi connectivity index (χ2n) is 4.38.